The number of halogens is 1. The van der Waals surface area contributed by atoms with Gasteiger partial charge in [-0.3, -0.25) is 4.79 Å². The molecule has 0 amide bonds. The summed E-state index contributed by atoms with van der Waals surface area (Å²) < 4.78 is 26.0. The van der Waals surface area contributed by atoms with Gasteiger partial charge >= 0.3 is 6.01 Å². The molecule has 3 aromatic rings. The van der Waals surface area contributed by atoms with Gasteiger partial charge in [0.2, 0.25) is 0 Å². The number of carbonyl (C=O) groups is 1. The van der Waals surface area contributed by atoms with Crippen molar-refractivity contribution in [2.24, 2.45) is 0 Å². The molecule has 7 heteroatoms. The van der Waals surface area contributed by atoms with Crippen LogP contribution in [0.25, 0.3) is 11.4 Å². The van der Waals surface area contributed by atoms with Gasteiger partial charge in [0.05, 0.1) is 19.3 Å². The minimum absolute atomic E-state index is 0.0450. The Hall–Kier alpha value is -3.22. The van der Waals surface area contributed by atoms with E-state index in [-0.39, 0.29) is 17.4 Å². The minimum Gasteiger partial charge on any atom is -0.497 e. The number of ether oxygens (including phenoxy) is 2. The van der Waals surface area contributed by atoms with E-state index in [4.69, 9.17) is 9.47 Å². The molecule has 6 nitrogen and oxygen atoms in total. The highest BCUT2D eigenvalue weighted by atomic mass is 19.1. The van der Waals surface area contributed by atoms with E-state index in [2.05, 4.69) is 10.1 Å². The largest absolute Gasteiger partial charge is 0.497 e. The highest BCUT2D eigenvalue weighted by Gasteiger charge is 2.22. The molecule has 0 spiro atoms. The molecule has 0 atom stereocenters. The lowest BCUT2D eigenvalue weighted by atomic mass is 10.1. The van der Waals surface area contributed by atoms with Crippen LogP contribution in [0.15, 0.2) is 48.5 Å². The smallest absolute Gasteiger partial charge is 0.336 e. The molecule has 0 fully saturated rings. The van der Waals surface area contributed by atoms with Crippen LogP contribution >= 0.6 is 0 Å². The van der Waals surface area contributed by atoms with Gasteiger partial charge in [-0.05, 0) is 42.8 Å². The van der Waals surface area contributed by atoms with E-state index in [0.717, 1.165) is 17.5 Å². The topological polar surface area (TPSA) is 66.2 Å². The van der Waals surface area contributed by atoms with E-state index >= 15 is 0 Å². The second kappa shape index (κ2) is 8.44. The summed E-state index contributed by atoms with van der Waals surface area (Å²) in [5, 5.41) is 4.15. The van der Waals surface area contributed by atoms with Gasteiger partial charge in [0.1, 0.15) is 11.6 Å². The number of carbonyl (C=O) groups excluding carboxylic acids is 1. The lowest BCUT2D eigenvalue weighted by Crippen LogP contribution is -2.15. The van der Waals surface area contributed by atoms with Crippen molar-refractivity contribution in [1.29, 1.82) is 0 Å². The maximum absolute atomic E-state index is 14.3. The number of nitrogens with zero attached hydrogens (tertiary/aromatic N) is 3. The van der Waals surface area contributed by atoms with E-state index in [1.165, 1.54) is 6.07 Å². The van der Waals surface area contributed by atoms with Gasteiger partial charge in [0.25, 0.3) is 5.91 Å². The molecule has 0 aliphatic rings. The molecule has 0 saturated carbocycles. The molecule has 0 aliphatic heterocycles. The number of benzene rings is 2. The van der Waals surface area contributed by atoms with Crippen LogP contribution in [-0.2, 0) is 0 Å². The van der Waals surface area contributed by atoms with Gasteiger partial charge in [-0.15, -0.1) is 5.10 Å². The number of unbranched alkanes of at least 4 members (excludes halogenated alkanes) is 1. The van der Waals surface area contributed by atoms with Crippen LogP contribution in [0.3, 0.4) is 0 Å². The summed E-state index contributed by atoms with van der Waals surface area (Å²) in [5.41, 5.74) is 0.551. The number of hydrogen-bond donors (Lipinski definition) is 0. The average molecular weight is 369 g/mol. The Labute approximate surface area is 156 Å². The molecule has 0 bridgehead atoms. The molecule has 0 N–H and O–H groups in total. The first-order chi connectivity index (χ1) is 13.1. The predicted octanol–water partition coefficient (Wildman–Crippen LogP) is 3.96. The number of methoxy groups -OCH3 is 1. The fourth-order valence-corrected chi connectivity index (χ4v) is 2.48. The Morgan fingerprint density at radius 2 is 1.89 bits per heavy atom. The molecule has 0 unspecified atom stereocenters. The maximum atomic E-state index is 14.3. The molecule has 0 radical (unpaired) electrons. The summed E-state index contributed by atoms with van der Waals surface area (Å²) in [6.07, 6.45) is 1.78. The molecular weight excluding hydrogens is 349 g/mol. The van der Waals surface area contributed by atoms with Crippen LogP contribution in [-0.4, -0.2) is 34.4 Å². The number of hydrogen-bond acceptors (Lipinski definition) is 5. The molecule has 0 aliphatic carbocycles. The first kappa shape index (κ1) is 18.6. The molecule has 2 aromatic carbocycles. The van der Waals surface area contributed by atoms with Gasteiger partial charge in [0.15, 0.2) is 5.82 Å². The summed E-state index contributed by atoms with van der Waals surface area (Å²) >= 11 is 0. The van der Waals surface area contributed by atoms with Crippen molar-refractivity contribution in [1.82, 2.24) is 14.8 Å². The third-order valence-electron chi connectivity index (χ3n) is 3.96. The van der Waals surface area contributed by atoms with Crippen LogP contribution < -0.4 is 9.47 Å². The van der Waals surface area contributed by atoms with Crippen molar-refractivity contribution in [3.8, 4) is 23.1 Å². The van der Waals surface area contributed by atoms with Crippen LogP contribution in [0, 0.1) is 5.82 Å². The van der Waals surface area contributed by atoms with Crippen LogP contribution in [0.1, 0.15) is 30.1 Å². The first-order valence-corrected chi connectivity index (χ1v) is 8.67. The third kappa shape index (κ3) is 4.13. The summed E-state index contributed by atoms with van der Waals surface area (Å²) in [6, 6.07) is 12.7. The molecule has 3 rings (SSSR count). The van der Waals surface area contributed by atoms with E-state index in [1.54, 1.807) is 49.6 Å². The highest BCUT2D eigenvalue weighted by molar-refractivity contribution is 5.97. The Balaban J connectivity index is 2.00. The summed E-state index contributed by atoms with van der Waals surface area (Å²) in [4.78, 5) is 17.2. The van der Waals surface area contributed by atoms with Crippen LogP contribution in [0.5, 0.6) is 11.8 Å². The average Bonchev–Trinajstić information content (AvgIpc) is 3.12. The Morgan fingerprint density at radius 1 is 1.15 bits per heavy atom. The summed E-state index contributed by atoms with van der Waals surface area (Å²) in [7, 11) is 1.55. The van der Waals surface area contributed by atoms with Gasteiger partial charge in [0, 0.05) is 5.56 Å². The van der Waals surface area contributed by atoms with Crippen molar-refractivity contribution >= 4 is 5.91 Å². The SMILES string of the molecule is CCCCOc1nc(-c2ccccc2F)n(C(=O)c2ccc(OC)cc2)n1. The fraction of sp³-hybridized carbons (Fsp3) is 0.250. The second-order valence-corrected chi connectivity index (χ2v) is 5.85. The minimum atomic E-state index is -0.492. The van der Waals surface area contributed by atoms with Crippen molar-refractivity contribution in [2.75, 3.05) is 13.7 Å². The van der Waals surface area contributed by atoms with Crippen molar-refractivity contribution in [3.05, 3.63) is 59.9 Å². The Bertz CT molecular complexity index is 922. The molecule has 0 saturated heterocycles. The molecular formula is C20H20FN3O3. The Morgan fingerprint density at radius 3 is 2.56 bits per heavy atom. The maximum Gasteiger partial charge on any atom is 0.336 e. The number of rotatable bonds is 7. The predicted molar refractivity (Wildman–Crippen MR) is 98.5 cm³/mol. The summed E-state index contributed by atoms with van der Waals surface area (Å²) in [5.74, 6) is -0.203. The van der Waals surface area contributed by atoms with Gasteiger partial charge in [-0.25, -0.2) is 4.39 Å². The van der Waals surface area contributed by atoms with E-state index in [1.807, 2.05) is 6.92 Å². The van der Waals surface area contributed by atoms with Crippen molar-refractivity contribution in [3.63, 3.8) is 0 Å². The highest BCUT2D eigenvalue weighted by Crippen LogP contribution is 2.24. The third-order valence-corrected chi connectivity index (χ3v) is 3.96. The monoisotopic (exact) mass is 369 g/mol. The lowest BCUT2D eigenvalue weighted by molar-refractivity contribution is 0.0944. The Kier molecular flexibility index (Phi) is 5.80. The molecule has 1 aromatic heterocycles. The molecule has 27 heavy (non-hydrogen) atoms. The van der Waals surface area contributed by atoms with Crippen LogP contribution in [0.4, 0.5) is 4.39 Å². The lowest BCUT2D eigenvalue weighted by Gasteiger charge is -2.06. The normalized spacial score (nSPS) is 10.6. The van der Waals surface area contributed by atoms with Gasteiger partial charge < -0.3 is 9.47 Å². The standard InChI is InChI=1S/C20H20FN3O3/c1-3-4-13-27-20-22-18(16-7-5-6-8-17(16)21)24(23-20)19(25)14-9-11-15(26-2)12-10-14/h5-12H,3-4,13H2,1-2H3. The zero-order chi connectivity index (χ0) is 19.2. The summed E-state index contributed by atoms with van der Waals surface area (Å²) in [6.45, 7) is 2.46. The molecule has 1 heterocycles. The number of aromatic nitrogens is 3. The van der Waals surface area contributed by atoms with Crippen molar-refractivity contribution in [2.45, 2.75) is 19.8 Å². The zero-order valence-electron chi connectivity index (χ0n) is 15.2. The quantitative estimate of drug-likeness (QED) is 0.590. The molecule has 140 valence electrons. The fourth-order valence-electron chi connectivity index (χ4n) is 2.48. The second-order valence-electron chi connectivity index (χ2n) is 5.85. The van der Waals surface area contributed by atoms with E-state index in [9.17, 15) is 9.18 Å². The van der Waals surface area contributed by atoms with E-state index in [0.29, 0.717) is 17.9 Å². The zero-order valence-corrected chi connectivity index (χ0v) is 15.2. The van der Waals surface area contributed by atoms with Crippen molar-refractivity contribution < 1.29 is 18.7 Å². The van der Waals surface area contributed by atoms with Crippen LogP contribution in [0.2, 0.25) is 0 Å². The van der Waals surface area contributed by atoms with E-state index < -0.39 is 11.7 Å². The van der Waals surface area contributed by atoms with Gasteiger partial charge in [-0.1, -0.05) is 25.5 Å². The first-order valence-electron chi connectivity index (χ1n) is 8.67. The van der Waals surface area contributed by atoms with Gasteiger partial charge in [-0.2, -0.15) is 9.67 Å².